The van der Waals surface area contributed by atoms with Crippen LogP contribution in [-0.4, -0.2) is 39.3 Å². The van der Waals surface area contributed by atoms with Gasteiger partial charge in [-0.3, -0.25) is 14.9 Å². The van der Waals surface area contributed by atoms with Crippen LogP contribution in [0.1, 0.15) is 6.92 Å². The lowest BCUT2D eigenvalue weighted by atomic mass is 10.3. The predicted octanol–water partition coefficient (Wildman–Crippen LogP) is 4.36. The van der Waals surface area contributed by atoms with Gasteiger partial charge < -0.3 is 14.6 Å². The summed E-state index contributed by atoms with van der Waals surface area (Å²) in [6.07, 6.45) is 0. The SMILES string of the molecule is COCCn1c(SC(C)C(=O)Nc2ccc([N+](=O)[O-])cc2)nc2cc(Cl)ccc21. The number of carbonyl (C=O) groups excluding carboxylic acids is 1. The summed E-state index contributed by atoms with van der Waals surface area (Å²) in [5.74, 6) is -0.229. The predicted molar refractivity (Wildman–Crippen MR) is 114 cm³/mol. The lowest BCUT2D eigenvalue weighted by Gasteiger charge is -2.13. The van der Waals surface area contributed by atoms with Crippen LogP contribution in [0.25, 0.3) is 11.0 Å². The maximum atomic E-state index is 12.6. The van der Waals surface area contributed by atoms with Crippen LogP contribution in [0.5, 0.6) is 0 Å². The molecule has 0 aliphatic rings. The van der Waals surface area contributed by atoms with Crippen LogP contribution in [0.2, 0.25) is 5.02 Å². The molecule has 0 radical (unpaired) electrons. The van der Waals surface area contributed by atoms with Crippen molar-refractivity contribution in [2.24, 2.45) is 0 Å². The van der Waals surface area contributed by atoms with E-state index in [2.05, 4.69) is 10.3 Å². The summed E-state index contributed by atoms with van der Waals surface area (Å²) in [5.41, 5.74) is 2.12. The number of hydrogen-bond acceptors (Lipinski definition) is 6. The van der Waals surface area contributed by atoms with Crippen LogP contribution in [0.4, 0.5) is 11.4 Å². The molecule has 0 spiro atoms. The summed E-state index contributed by atoms with van der Waals surface area (Å²) in [6, 6.07) is 11.2. The van der Waals surface area contributed by atoms with Crippen molar-refractivity contribution < 1.29 is 14.5 Å². The quantitative estimate of drug-likeness (QED) is 0.321. The van der Waals surface area contributed by atoms with Gasteiger partial charge in [0.2, 0.25) is 5.91 Å². The number of hydrogen-bond donors (Lipinski definition) is 1. The van der Waals surface area contributed by atoms with E-state index in [0.717, 1.165) is 11.0 Å². The number of aromatic nitrogens is 2. The van der Waals surface area contributed by atoms with E-state index in [0.29, 0.717) is 29.0 Å². The van der Waals surface area contributed by atoms with E-state index >= 15 is 0 Å². The van der Waals surface area contributed by atoms with Crippen LogP contribution in [-0.2, 0) is 16.1 Å². The van der Waals surface area contributed by atoms with Gasteiger partial charge in [0, 0.05) is 36.5 Å². The van der Waals surface area contributed by atoms with Crippen molar-refractivity contribution in [3.05, 3.63) is 57.6 Å². The van der Waals surface area contributed by atoms with Crippen LogP contribution in [0, 0.1) is 10.1 Å². The lowest BCUT2D eigenvalue weighted by Crippen LogP contribution is -2.23. The molecule has 0 saturated heterocycles. The summed E-state index contributed by atoms with van der Waals surface area (Å²) < 4.78 is 7.19. The molecule has 1 unspecified atom stereocenters. The van der Waals surface area contributed by atoms with E-state index in [4.69, 9.17) is 16.3 Å². The Morgan fingerprint density at radius 1 is 1.34 bits per heavy atom. The molecular weight excluding hydrogens is 416 g/mol. The second kappa shape index (κ2) is 9.25. The Morgan fingerprint density at radius 2 is 2.07 bits per heavy atom. The first-order chi connectivity index (χ1) is 13.9. The second-order valence-corrected chi connectivity index (χ2v) is 7.97. The number of ether oxygens (including phenoxy) is 1. The third kappa shape index (κ3) is 5.06. The van der Waals surface area contributed by atoms with Crippen molar-refractivity contribution in [1.29, 1.82) is 0 Å². The Bertz CT molecular complexity index is 1040. The van der Waals surface area contributed by atoms with Crippen molar-refractivity contribution in [1.82, 2.24) is 9.55 Å². The van der Waals surface area contributed by atoms with E-state index in [9.17, 15) is 14.9 Å². The first kappa shape index (κ1) is 21.1. The highest BCUT2D eigenvalue weighted by molar-refractivity contribution is 8.00. The van der Waals surface area contributed by atoms with Gasteiger partial charge >= 0.3 is 0 Å². The summed E-state index contributed by atoms with van der Waals surface area (Å²) >= 11 is 7.40. The fourth-order valence-corrected chi connectivity index (χ4v) is 3.81. The number of rotatable bonds is 8. The maximum absolute atomic E-state index is 12.6. The Labute approximate surface area is 176 Å². The molecule has 1 heterocycles. The molecule has 2 aromatic carbocycles. The number of nitro benzene ring substituents is 1. The molecular formula is C19H19ClN4O4S. The minimum atomic E-state index is -0.485. The fourth-order valence-electron chi connectivity index (χ4n) is 2.69. The highest BCUT2D eigenvalue weighted by atomic mass is 35.5. The number of benzene rings is 2. The van der Waals surface area contributed by atoms with Crippen LogP contribution >= 0.6 is 23.4 Å². The highest BCUT2D eigenvalue weighted by Crippen LogP contribution is 2.29. The largest absolute Gasteiger partial charge is 0.383 e. The number of halogens is 1. The number of amides is 1. The molecule has 0 bridgehead atoms. The lowest BCUT2D eigenvalue weighted by molar-refractivity contribution is -0.384. The van der Waals surface area contributed by atoms with Gasteiger partial charge in [-0.25, -0.2) is 4.98 Å². The van der Waals surface area contributed by atoms with E-state index < -0.39 is 10.2 Å². The van der Waals surface area contributed by atoms with E-state index in [1.165, 1.54) is 36.0 Å². The molecule has 29 heavy (non-hydrogen) atoms. The molecule has 1 atom stereocenters. The third-order valence-electron chi connectivity index (χ3n) is 4.19. The topological polar surface area (TPSA) is 99.3 Å². The van der Waals surface area contributed by atoms with Gasteiger partial charge in [0.05, 0.1) is 27.8 Å². The van der Waals surface area contributed by atoms with Gasteiger partial charge in [0.25, 0.3) is 5.69 Å². The zero-order valence-electron chi connectivity index (χ0n) is 15.8. The molecule has 0 fully saturated rings. The first-order valence-corrected chi connectivity index (χ1v) is 10.0. The third-order valence-corrected chi connectivity index (χ3v) is 5.52. The molecule has 3 aromatic rings. The Kier molecular flexibility index (Phi) is 6.73. The molecule has 8 nitrogen and oxygen atoms in total. The normalized spacial score (nSPS) is 12.1. The van der Waals surface area contributed by atoms with Crippen LogP contribution in [0.3, 0.4) is 0 Å². The number of thioether (sulfide) groups is 1. The molecule has 1 aromatic heterocycles. The minimum absolute atomic E-state index is 0.0315. The number of imidazole rings is 1. The number of nitrogens with one attached hydrogen (secondary N) is 1. The molecule has 1 N–H and O–H groups in total. The molecule has 3 rings (SSSR count). The van der Waals surface area contributed by atoms with Crippen molar-refractivity contribution in [2.45, 2.75) is 23.9 Å². The van der Waals surface area contributed by atoms with Gasteiger partial charge in [0.1, 0.15) is 0 Å². The summed E-state index contributed by atoms with van der Waals surface area (Å²) in [6.45, 7) is 2.87. The summed E-state index contributed by atoms with van der Waals surface area (Å²) in [5, 5.41) is 14.3. The monoisotopic (exact) mass is 434 g/mol. The van der Waals surface area contributed by atoms with E-state index in [1.807, 2.05) is 10.6 Å². The molecule has 0 aliphatic heterocycles. The number of nitro groups is 1. The minimum Gasteiger partial charge on any atom is -0.383 e. The van der Waals surface area contributed by atoms with E-state index in [-0.39, 0.29) is 11.6 Å². The van der Waals surface area contributed by atoms with Crippen LogP contribution < -0.4 is 5.32 Å². The number of nitrogens with zero attached hydrogens (tertiary/aromatic N) is 3. The molecule has 152 valence electrons. The fraction of sp³-hybridized carbons (Fsp3) is 0.263. The van der Waals surface area contributed by atoms with Crippen molar-refractivity contribution in [2.75, 3.05) is 19.0 Å². The van der Waals surface area contributed by atoms with Crippen molar-refractivity contribution >= 4 is 51.7 Å². The Hall–Kier alpha value is -2.62. The Morgan fingerprint density at radius 3 is 2.72 bits per heavy atom. The number of carbonyl (C=O) groups is 1. The number of methoxy groups -OCH3 is 1. The Balaban J connectivity index is 1.76. The van der Waals surface area contributed by atoms with Crippen molar-refractivity contribution in [3.63, 3.8) is 0 Å². The number of fused-ring (bicyclic) bond motifs is 1. The van der Waals surface area contributed by atoms with Crippen LogP contribution in [0.15, 0.2) is 47.6 Å². The van der Waals surface area contributed by atoms with E-state index in [1.54, 1.807) is 26.2 Å². The van der Waals surface area contributed by atoms with Gasteiger partial charge in [-0.05, 0) is 37.3 Å². The van der Waals surface area contributed by atoms with Gasteiger partial charge in [-0.15, -0.1) is 0 Å². The highest BCUT2D eigenvalue weighted by Gasteiger charge is 2.20. The zero-order valence-corrected chi connectivity index (χ0v) is 17.4. The molecule has 10 heteroatoms. The zero-order chi connectivity index (χ0) is 21.0. The summed E-state index contributed by atoms with van der Waals surface area (Å²) in [4.78, 5) is 27.5. The number of anilines is 1. The van der Waals surface area contributed by atoms with Gasteiger partial charge in [0.15, 0.2) is 5.16 Å². The van der Waals surface area contributed by atoms with Crippen molar-refractivity contribution in [3.8, 4) is 0 Å². The average Bonchev–Trinajstić information content (AvgIpc) is 3.02. The maximum Gasteiger partial charge on any atom is 0.269 e. The molecule has 0 saturated carbocycles. The van der Waals surface area contributed by atoms with Gasteiger partial charge in [-0.1, -0.05) is 23.4 Å². The smallest absolute Gasteiger partial charge is 0.269 e. The molecule has 0 aliphatic carbocycles. The summed E-state index contributed by atoms with van der Waals surface area (Å²) in [7, 11) is 1.63. The van der Waals surface area contributed by atoms with Gasteiger partial charge in [-0.2, -0.15) is 0 Å². The first-order valence-electron chi connectivity index (χ1n) is 8.75. The average molecular weight is 435 g/mol. The standard InChI is InChI=1S/C19H19ClN4O4S/c1-12(18(25)21-14-4-6-15(7-5-14)24(26)27)29-19-22-16-11-13(20)3-8-17(16)23(19)9-10-28-2/h3-8,11-12H,9-10H2,1-2H3,(H,21,25). The second-order valence-electron chi connectivity index (χ2n) is 6.23. The number of non-ortho nitro benzene ring substituents is 1. The molecule has 1 amide bonds.